The molecule has 110 valence electrons. The molecule has 1 aliphatic rings. The molecule has 0 saturated carbocycles. The van der Waals surface area contributed by atoms with Gasteiger partial charge >= 0.3 is 0 Å². The molecule has 1 aromatic rings. The number of nitrogens with two attached hydrogens (primary N) is 1. The normalized spacial score (nSPS) is 17.6. The standard InChI is InChI=1S/C16H24N2OS/c1-16(9-12-5-3-4-6-13(12)10-16)11-18-15(19)14(17)7-8-20-2/h3-6,14H,7-11,17H2,1-2H3,(H,18,19). The van der Waals surface area contributed by atoms with Gasteiger partial charge in [-0.15, -0.1) is 0 Å². The summed E-state index contributed by atoms with van der Waals surface area (Å²) in [6.45, 7) is 2.94. The first kappa shape index (κ1) is 15.4. The van der Waals surface area contributed by atoms with Crippen LogP contribution in [0.25, 0.3) is 0 Å². The highest BCUT2D eigenvalue weighted by atomic mass is 32.2. The van der Waals surface area contributed by atoms with Gasteiger partial charge in [-0.25, -0.2) is 0 Å². The van der Waals surface area contributed by atoms with Crippen LogP contribution in [0.2, 0.25) is 0 Å². The molecule has 4 heteroatoms. The predicted molar refractivity (Wildman–Crippen MR) is 85.9 cm³/mol. The van der Waals surface area contributed by atoms with Gasteiger partial charge in [0.1, 0.15) is 0 Å². The predicted octanol–water partition coefficient (Wildman–Crippen LogP) is 1.99. The van der Waals surface area contributed by atoms with Crippen molar-refractivity contribution in [3.63, 3.8) is 0 Å². The van der Waals surface area contributed by atoms with E-state index < -0.39 is 0 Å². The second kappa shape index (κ2) is 6.64. The number of hydrogen-bond acceptors (Lipinski definition) is 3. The Morgan fingerprint density at radius 2 is 2.00 bits per heavy atom. The maximum Gasteiger partial charge on any atom is 0.236 e. The van der Waals surface area contributed by atoms with Crippen molar-refractivity contribution in [3.8, 4) is 0 Å². The lowest BCUT2D eigenvalue weighted by molar-refractivity contribution is -0.122. The van der Waals surface area contributed by atoms with Crippen LogP contribution in [0.5, 0.6) is 0 Å². The van der Waals surface area contributed by atoms with Gasteiger partial charge in [-0.3, -0.25) is 4.79 Å². The topological polar surface area (TPSA) is 55.1 Å². The van der Waals surface area contributed by atoms with E-state index >= 15 is 0 Å². The summed E-state index contributed by atoms with van der Waals surface area (Å²) < 4.78 is 0. The molecular formula is C16H24N2OS. The highest BCUT2D eigenvalue weighted by Crippen LogP contribution is 2.35. The highest BCUT2D eigenvalue weighted by Gasteiger charge is 2.33. The molecule has 0 heterocycles. The molecule has 3 nitrogen and oxygen atoms in total. The summed E-state index contributed by atoms with van der Waals surface area (Å²) in [4.78, 5) is 12.0. The SMILES string of the molecule is CSCCC(N)C(=O)NCC1(C)Cc2ccccc2C1. The van der Waals surface area contributed by atoms with Crippen LogP contribution in [0, 0.1) is 5.41 Å². The van der Waals surface area contributed by atoms with Crippen molar-refractivity contribution in [2.45, 2.75) is 32.2 Å². The molecular weight excluding hydrogens is 268 g/mol. The maximum absolute atomic E-state index is 12.0. The number of thioether (sulfide) groups is 1. The van der Waals surface area contributed by atoms with E-state index in [-0.39, 0.29) is 17.4 Å². The average Bonchev–Trinajstić information content (AvgIpc) is 2.78. The van der Waals surface area contributed by atoms with Crippen LogP contribution in [-0.4, -0.2) is 30.5 Å². The zero-order chi connectivity index (χ0) is 14.6. The van der Waals surface area contributed by atoms with E-state index in [1.54, 1.807) is 11.8 Å². The Kier molecular flexibility index (Phi) is 5.11. The van der Waals surface area contributed by atoms with E-state index in [9.17, 15) is 4.79 Å². The van der Waals surface area contributed by atoms with Crippen LogP contribution in [0.15, 0.2) is 24.3 Å². The lowest BCUT2D eigenvalue weighted by Gasteiger charge is -2.25. The summed E-state index contributed by atoms with van der Waals surface area (Å²) in [5.41, 5.74) is 8.84. The molecule has 0 aliphatic heterocycles. The maximum atomic E-state index is 12.0. The van der Waals surface area contributed by atoms with E-state index in [0.29, 0.717) is 6.54 Å². The number of fused-ring (bicyclic) bond motifs is 1. The van der Waals surface area contributed by atoms with Gasteiger partial charge < -0.3 is 11.1 Å². The Morgan fingerprint density at radius 3 is 2.55 bits per heavy atom. The molecule has 0 spiro atoms. The number of rotatable bonds is 6. The van der Waals surface area contributed by atoms with E-state index in [4.69, 9.17) is 5.73 Å². The summed E-state index contributed by atoms with van der Waals surface area (Å²) in [6.07, 6.45) is 4.83. The number of hydrogen-bond donors (Lipinski definition) is 2. The third kappa shape index (κ3) is 3.76. The van der Waals surface area contributed by atoms with Gasteiger partial charge in [0.2, 0.25) is 5.91 Å². The molecule has 1 unspecified atom stereocenters. The summed E-state index contributed by atoms with van der Waals surface area (Å²) in [5.74, 6) is 0.910. The molecule has 1 amide bonds. The molecule has 2 rings (SSSR count). The van der Waals surface area contributed by atoms with Crippen molar-refractivity contribution in [1.29, 1.82) is 0 Å². The van der Waals surface area contributed by atoms with Crippen LogP contribution >= 0.6 is 11.8 Å². The van der Waals surface area contributed by atoms with Crippen LogP contribution in [0.1, 0.15) is 24.5 Å². The molecule has 0 bridgehead atoms. The summed E-state index contributed by atoms with van der Waals surface area (Å²) in [6, 6.07) is 8.16. The minimum absolute atomic E-state index is 0.0174. The molecule has 1 atom stereocenters. The lowest BCUT2D eigenvalue weighted by atomic mass is 9.87. The highest BCUT2D eigenvalue weighted by molar-refractivity contribution is 7.98. The summed E-state index contributed by atoms with van der Waals surface area (Å²) in [7, 11) is 0. The molecule has 1 aromatic carbocycles. The molecule has 3 N–H and O–H groups in total. The van der Waals surface area contributed by atoms with Crippen molar-refractivity contribution in [2.75, 3.05) is 18.6 Å². The molecule has 1 aliphatic carbocycles. The van der Waals surface area contributed by atoms with Crippen molar-refractivity contribution in [1.82, 2.24) is 5.32 Å². The van der Waals surface area contributed by atoms with Gasteiger partial charge in [-0.2, -0.15) is 11.8 Å². The van der Waals surface area contributed by atoms with Gasteiger partial charge in [0.25, 0.3) is 0 Å². The Bertz CT molecular complexity index is 450. The fourth-order valence-electron chi connectivity index (χ4n) is 2.82. The second-order valence-corrected chi connectivity index (χ2v) is 7.02. The Hall–Kier alpha value is -1.00. The fourth-order valence-corrected chi connectivity index (χ4v) is 3.31. The minimum Gasteiger partial charge on any atom is -0.354 e. The van der Waals surface area contributed by atoms with Gasteiger partial charge in [-0.1, -0.05) is 31.2 Å². The number of amides is 1. The summed E-state index contributed by atoms with van der Waals surface area (Å²) in [5, 5.41) is 3.04. The van der Waals surface area contributed by atoms with Crippen molar-refractivity contribution < 1.29 is 4.79 Å². The quantitative estimate of drug-likeness (QED) is 0.843. The Labute approximate surface area is 125 Å². The third-order valence-corrected chi connectivity index (χ3v) is 4.66. The fraction of sp³-hybridized carbons (Fsp3) is 0.562. The molecule has 0 fully saturated rings. The molecule has 20 heavy (non-hydrogen) atoms. The van der Waals surface area contributed by atoms with Crippen LogP contribution in [0.3, 0.4) is 0 Å². The van der Waals surface area contributed by atoms with Crippen molar-refractivity contribution in [2.24, 2.45) is 11.1 Å². The first-order chi connectivity index (χ1) is 9.54. The third-order valence-electron chi connectivity index (χ3n) is 4.01. The number of carbonyl (C=O) groups is 1. The van der Waals surface area contributed by atoms with Crippen LogP contribution < -0.4 is 11.1 Å². The number of nitrogens with one attached hydrogen (secondary N) is 1. The van der Waals surface area contributed by atoms with Gasteiger partial charge in [0, 0.05) is 6.54 Å². The Morgan fingerprint density at radius 1 is 1.40 bits per heavy atom. The Balaban J connectivity index is 1.84. The first-order valence-corrected chi connectivity index (χ1v) is 8.52. The van der Waals surface area contributed by atoms with Crippen molar-refractivity contribution >= 4 is 17.7 Å². The number of benzene rings is 1. The second-order valence-electron chi connectivity index (χ2n) is 6.04. The zero-order valence-electron chi connectivity index (χ0n) is 12.3. The van der Waals surface area contributed by atoms with Gasteiger partial charge in [0.15, 0.2) is 0 Å². The van der Waals surface area contributed by atoms with E-state index in [2.05, 4.69) is 36.5 Å². The molecule has 0 aromatic heterocycles. The van der Waals surface area contributed by atoms with Crippen LogP contribution in [0.4, 0.5) is 0 Å². The van der Waals surface area contributed by atoms with Crippen molar-refractivity contribution in [3.05, 3.63) is 35.4 Å². The number of carbonyl (C=O) groups excluding carboxylic acids is 1. The minimum atomic E-state index is -0.380. The first-order valence-electron chi connectivity index (χ1n) is 7.13. The lowest BCUT2D eigenvalue weighted by Crippen LogP contribution is -2.45. The van der Waals surface area contributed by atoms with E-state index in [0.717, 1.165) is 25.0 Å². The molecule has 0 radical (unpaired) electrons. The smallest absolute Gasteiger partial charge is 0.236 e. The average molecular weight is 292 g/mol. The van der Waals surface area contributed by atoms with Gasteiger partial charge in [0.05, 0.1) is 6.04 Å². The monoisotopic (exact) mass is 292 g/mol. The van der Waals surface area contributed by atoms with Gasteiger partial charge in [-0.05, 0) is 47.8 Å². The summed E-state index contributed by atoms with van der Waals surface area (Å²) >= 11 is 1.72. The van der Waals surface area contributed by atoms with Crippen LogP contribution in [-0.2, 0) is 17.6 Å². The zero-order valence-corrected chi connectivity index (χ0v) is 13.1. The van der Waals surface area contributed by atoms with E-state index in [1.165, 1.54) is 11.1 Å². The molecule has 0 saturated heterocycles. The largest absolute Gasteiger partial charge is 0.354 e. The van der Waals surface area contributed by atoms with E-state index in [1.807, 2.05) is 6.26 Å².